The summed E-state index contributed by atoms with van der Waals surface area (Å²) < 4.78 is 0. The first kappa shape index (κ1) is 16.5. The lowest BCUT2D eigenvalue weighted by molar-refractivity contribution is -0.144. The van der Waals surface area contributed by atoms with E-state index >= 15 is 0 Å². The molecule has 2 N–H and O–H groups in total. The van der Waals surface area contributed by atoms with E-state index in [1.165, 1.54) is 0 Å². The number of rotatable bonds is 8. The number of carboxylic acid groups (broad SMARTS) is 1. The maximum Gasteiger partial charge on any atom is 0.329 e. The second-order valence-corrected chi connectivity index (χ2v) is 4.26. The van der Waals surface area contributed by atoms with Crippen LogP contribution in [0, 0.1) is 0 Å². The SMILES string of the molecule is C=CCN(CCC)C(=O)NC(CC)(CC)C(=O)O. The van der Waals surface area contributed by atoms with Gasteiger partial charge in [-0.1, -0.05) is 26.8 Å². The minimum absolute atomic E-state index is 0.345. The minimum Gasteiger partial charge on any atom is -0.480 e. The van der Waals surface area contributed by atoms with E-state index in [4.69, 9.17) is 0 Å². The molecule has 0 saturated heterocycles. The number of nitrogens with zero attached hydrogens (tertiary/aromatic N) is 1. The molecule has 0 fully saturated rings. The third-order valence-corrected chi connectivity index (χ3v) is 3.09. The van der Waals surface area contributed by atoms with Crippen LogP contribution in [0.4, 0.5) is 4.79 Å². The van der Waals surface area contributed by atoms with Gasteiger partial charge in [0.2, 0.25) is 0 Å². The topological polar surface area (TPSA) is 69.6 Å². The number of carboxylic acids is 1. The van der Waals surface area contributed by atoms with Crippen molar-refractivity contribution < 1.29 is 14.7 Å². The largest absolute Gasteiger partial charge is 0.480 e. The van der Waals surface area contributed by atoms with Crippen molar-refractivity contribution in [2.75, 3.05) is 13.1 Å². The maximum atomic E-state index is 12.1. The van der Waals surface area contributed by atoms with Crippen LogP contribution in [0.15, 0.2) is 12.7 Å². The Labute approximate surface area is 109 Å². The zero-order chi connectivity index (χ0) is 14.2. The summed E-state index contributed by atoms with van der Waals surface area (Å²) in [5.41, 5.74) is -1.18. The molecule has 104 valence electrons. The minimum atomic E-state index is -1.18. The normalized spacial score (nSPS) is 10.8. The van der Waals surface area contributed by atoms with Gasteiger partial charge < -0.3 is 15.3 Å². The summed E-state index contributed by atoms with van der Waals surface area (Å²) in [6.07, 6.45) is 3.17. The molecule has 18 heavy (non-hydrogen) atoms. The van der Waals surface area contributed by atoms with Gasteiger partial charge in [0.1, 0.15) is 5.54 Å². The number of nitrogens with one attached hydrogen (secondary N) is 1. The van der Waals surface area contributed by atoms with E-state index in [1.54, 1.807) is 24.8 Å². The van der Waals surface area contributed by atoms with Crippen LogP contribution in [0.5, 0.6) is 0 Å². The molecule has 0 atom stereocenters. The summed E-state index contributed by atoms with van der Waals surface area (Å²) in [5, 5.41) is 11.9. The fourth-order valence-electron chi connectivity index (χ4n) is 1.77. The lowest BCUT2D eigenvalue weighted by Crippen LogP contribution is -2.57. The van der Waals surface area contributed by atoms with Crippen molar-refractivity contribution in [1.29, 1.82) is 0 Å². The highest BCUT2D eigenvalue weighted by molar-refractivity contribution is 5.86. The molecule has 5 heteroatoms. The fraction of sp³-hybridized carbons (Fsp3) is 0.692. The van der Waals surface area contributed by atoms with Crippen LogP contribution in [0.1, 0.15) is 40.0 Å². The summed E-state index contributed by atoms with van der Waals surface area (Å²) >= 11 is 0. The van der Waals surface area contributed by atoms with E-state index in [-0.39, 0.29) is 6.03 Å². The first-order valence-corrected chi connectivity index (χ1v) is 6.38. The molecule has 0 aliphatic rings. The molecule has 2 amide bonds. The Hall–Kier alpha value is -1.52. The monoisotopic (exact) mass is 256 g/mol. The van der Waals surface area contributed by atoms with Crippen molar-refractivity contribution >= 4 is 12.0 Å². The Balaban J connectivity index is 4.85. The predicted octanol–water partition coefficient (Wildman–Crippen LogP) is 2.24. The van der Waals surface area contributed by atoms with Gasteiger partial charge in [-0.3, -0.25) is 0 Å². The molecular weight excluding hydrogens is 232 g/mol. The summed E-state index contributed by atoms with van der Waals surface area (Å²) in [7, 11) is 0. The number of amides is 2. The number of hydrogen-bond acceptors (Lipinski definition) is 2. The Kier molecular flexibility index (Phi) is 7.08. The second-order valence-electron chi connectivity index (χ2n) is 4.26. The van der Waals surface area contributed by atoms with Crippen LogP contribution < -0.4 is 5.32 Å². The Morgan fingerprint density at radius 2 is 1.89 bits per heavy atom. The summed E-state index contributed by atoms with van der Waals surface area (Å²) in [6.45, 7) is 10.1. The average Bonchev–Trinajstić information content (AvgIpc) is 2.35. The van der Waals surface area contributed by atoms with Crippen molar-refractivity contribution in [3.63, 3.8) is 0 Å². The fourth-order valence-corrected chi connectivity index (χ4v) is 1.77. The van der Waals surface area contributed by atoms with E-state index in [0.29, 0.717) is 25.9 Å². The molecule has 0 spiro atoms. The first-order valence-electron chi connectivity index (χ1n) is 6.38. The lowest BCUT2D eigenvalue weighted by Gasteiger charge is -2.31. The van der Waals surface area contributed by atoms with Crippen LogP contribution in [0.2, 0.25) is 0 Å². The van der Waals surface area contributed by atoms with Crippen LogP contribution in [0.25, 0.3) is 0 Å². The average molecular weight is 256 g/mol. The van der Waals surface area contributed by atoms with Gasteiger partial charge in [0.25, 0.3) is 0 Å². The number of carbonyl (C=O) groups excluding carboxylic acids is 1. The van der Waals surface area contributed by atoms with Crippen molar-refractivity contribution in [3.8, 4) is 0 Å². The quantitative estimate of drug-likeness (QED) is 0.654. The third-order valence-electron chi connectivity index (χ3n) is 3.09. The third kappa shape index (κ3) is 4.05. The van der Waals surface area contributed by atoms with Crippen LogP contribution >= 0.6 is 0 Å². The standard InChI is InChI=1S/C13H24N2O3/c1-5-9-15(10-6-2)12(18)14-13(7-3,8-4)11(16)17/h5H,1,6-10H2,2-4H3,(H,14,18)(H,16,17). The number of aliphatic carboxylic acids is 1. The van der Waals surface area contributed by atoms with Gasteiger partial charge in [0, 0.05) is 13.1 Å². The molecule has 0 aliphatic heterocycles. The van der Waals surface area contributed by atoms with E-state index in [1.807, 2.05) is 6.92 Å². The highest BCUT2D eigenvalue weighted by Crippen LogP contribution is 2.16. The van der Waals surface area contributed by atoms with Gasteiger partial charge in [0.15, 0.2) is 0 Å². The molecule has 0 aromatic carbocycles. The van der Waals surface area contributed by atoms with E-state index < -0.39 is 11.5 Å². The van der Waals surface area contributed by atoms with Gasteiger partial charge in [-0.15, -0.1) is 6.58 Å². The lowest BCUT2D eigenvalue weighted by atomic mass is 9.93. The predicted molar refractivity (Wildman–Crippen MR) is 71.5 cm³/mol. The molecule has 0 aliphatic carbocycles. The molecule has 0 heterocycles. The number of urea groups is 1. The molecule has 0 aromatic heterocycles. The summed E-state index contributed by atoms with van der Waals surface area (Å²) in [4.78, 5) is 24.9. The van der Waals surface area contributed by atoms with Crippen LogP contribution in [0.3, 0.4) is 0 Å². The van der Waals surface area contributed by atoms with Gasteiger partial charge in [-0.05, 0) is 19.3 Å². The van der Waals surface area contributed by atoms with E-state index in [2.05, 4.69) is 11.9 Å². The first-order chi connectivity index (χ1) is 8.47. The second kappa shape index (κ2) is 7.74. The zero-order valence-corrected chi connectivity index (χ0v) is 11.5. The molecule has 0 aromatic rings. The molecule has 0 unspecified atom stereocenters. The van der Waals surface area contributed by atoms with Gasteiger partial charge in [-0.2, -0.15) is 0 Å². The van der Waals surface area contributed by atoms with E-state index in [9.17, 15) is 14.7 Å². The molecule has 0 saturated carbocycles. The van der Waals surface area contributed by atoms with E-state index in [0.717, 1.165) is 6.42 Å². The molecular formula is C13H24N2O3. The van der Waals surface area contributed by atoms with Crippen LogP contribution in [-0.4, -0.2) is 40.6 Å². The van der Waals surface area contributed by atoms with Crippen molar-refractivity contribution in [2.45, 2.75) is 45.6 Å². The smallest absolute Gasteiger partial charge is 0.329 e. The zero-order valence-electron chi connectivity index (χ0n) is 11.5. The molecule has 0 rings (SSSR count). The Bertz CT molecular complexity index is 299. The number of hydrogen-bond donors (Lipinski definition) is 2. The summed E-state index contributed by atoms with van der Waals surface area (Å²) in [6, 6.07) is -0.345. The van der Waals surface area contributed by atoms with Gasteiger partial charge >= 0.3 is 12.0 Å². The van der Waals surface area contributed by atoms with Gasteiger partial charge in [-0.25, -0.2) is 9.59 Å². The highest BCUT2D eigenvalue weighted by atomic mass is 16.4. The van der Waals surface area contributed by atoms with Crippen molar-refractivity contribution in [3.05, 3.63) is 12.7 Å². The highest BCUT2D eigenvalue weighted by Gasteiger charge is 2.37. The van der Waals surface area contributed by atoms with Crippen molar-refractivity contribution in [2.24, 2.45) is 0 Å². The summed E-state index contributed by atoms with van der Waals surface area (Å²) in [5.74, 6) is -0.990. The Morgan fingerprint density at radius 3 is 2.22 bits per heavy atom. The van der Waals surface area contributed by atoms with Crippen LogP contribution in [-0.2, 0) is 4.79 Å². The molecule has 0 bridgehead atoms. The maximum absolute atomic E-state index is 12.1. The van der Waals surface area contributed by atoms with Gasteiger partial charge in [0.05, 0.1) is 0 Å². The molecule has 5 nitrogen and oxygen atoms in total. The Morgan fingerprint density at radius 1 is 1.33 bits per heavy atom. The van der Waals surface area contributed by atoms with Crippen molar-refractivity contribution in [1.82, 2.24) is 10.2 Å². The molecule has 0 radical (unpaired) electrons. The number of carbonyl (C=O) groups is 2.